The molecule has 1 unspecified atom stereocenters. The third kappa shape index (κ3) is 8.83. The van der Waals surface area contributed by atoms with E-state index in [1.54, 1.807) is 6.92 Å². The summed E-state index contributed by atoms with van der Waals surface area (Å²) in [5.41, 5.74) is 0. The summed E-state index contributed by atoms with van der Waals surface area (Å²) in [7, 11) is 3.99. The molecule has 0 aromatic carbocycles. The maximum absolute atomic E-state index is 11.1. The number of hydrogen-bond acceptors (Lipinski definition) is 4. The van der Waals surface area contributed by atoms with Crippen LogP contribution in [-0.4, -0.2) is 66.9 Å². The summed E-state index contributed by atoms with van der Waals surface area (Å²) in [6.07, 6.45) is 0.937. The van der Waals surface area contributed by atoms with Gasteiger partial charge in [-0.3, -0.25) is 14.5 Å². The smallest absolute Gasteiger partial charge is 0.307 e. The molecule has 1 atom stereocenters. The summed E-state index contributed by atoms with van der Waals surface area (Å²) in [4.78, 5) is 25.9. The topological polar surface area (TPSA) is 60.9 Å². The first kappa shape index (κ1) is 16.1. The van der Waals surface area contributed by atoms with Crippen LogP contribution in [0.2, 0.25) is 0 Å². The van der Waals surface area contributed by atoms with Gasteiger partial charge in [0.1, 0.15) is 5.78 Å². The molecule has 17 heavy (non-hydrogen) atoms. The Balaban J connectivity index is 4.13. The van der Waals surface area contributed by atoms with Gasteiger partial charge in [-0.15, -0.1) is 0 Å². The Morgan fingerprint density at radius 3 is 2.24 bits per heavy atom. The van der Waals surface area contributed by atoms with E-state index >= 15 is 0 Å². The van der Waals surface area contributed by atoms with Crippen molar-refractivity contribution >= 4 is 11.8 Å². The molecular formula is C12H24N2O3. The normalized spacial score (nSPS) is 13.1. The quantitative estimate of drug-likeness (QED) is 0.642. The SMILES string of the molecule is CC(=O)CN(CCCN(C)C)CC(C)C(=O)O. The molecule has 100 valence electrons. The largest absolute Gasteiger partial charge is 0.481 e. The van der Waals surface area contributed by atoms with Gasteiger partial charge in [-0.1, -0.05) is 6.92 Å². The third-order valence-corrected chi connectivity index (χ3v) is 2.48. The van der Waals surface area contributed by atoms with Crippen LogP contribution in [0.3, 0.4) is 0 Å². The number of hydrogen-bond donors (Lipinski definition) is 1. The average Bonchev–Trinajstić information content (AvgIpc) is 2.15. The van der Waals surface area contributed by atoms with Gasteiger partial charge < -0.3 is 10.0 Å². The maximum Gasteiger partial charge on any atom is 0.307 e. The van der Waals surface area contributed by atoms with Crippen molar-refractivity contribution in [1.29, 1.82) is 0 Å². The molecule has 0 aliphatic carbocycles. The van der Waals surface area contributed by atoms with Crippen LogP contribution < -0.4 is 0 Å². The zero-order valence-electron chi connectivity index (χ0n) is 11.3. The minimum atomic E-state index is -0.814. The van der Waals surface area contributed by atoms with E-state index in [0.717, 1.165) is 19.5 Å². The van der Waals surface area contributed by atoms with Crippen molar-refractivity contribution in [2.24, 2.45) is 5.92 Å². The van der Waals surface area contributed by atoms with Crippen LogP contribution in [0.15, 0.2) is 0 Å². The van der Waals surface area contributed by atoms with Gasteiger partial charge in [0.2, 0.25) is 0 Å². The van der Waals surface area contributed by atoms with E-state index in [1.165, 1.54) is 6.92 Å². The number of ketones is 1. The van der Waals surface area contributed by atoms with Crippen LogP contribution in [0.4, 0.5) is 0 Å². The lowest BCUT2D eigenvalue weighted by Gasteiger charge is -2.23. The predicted molar refractivity (Wildman–Crippen MR) is 67.1 cm³/mol. The Morgan fingerprint density at radius 2 is 1.82 bits per heavy atom. The second-order valence-corrected chi connectivity index (χ2v) is 4.83. The van der Waals surface area contributed by atoms with Crippen molar-refractivity contribution < 1.29 is 14.7 Å². The van der Waals surface area contributed by atoms with Crippen LogP contribution >= 0.6 is 0 Å². The highest BCUT2D eigenvalue weighted by molar-refractivity contribution is 5.77. The zero-order valence-corrected chi connectivity index (χ0v) is 11.3. The molecule has 0 aromatic heterocycles. The van der Waals surface area contributed by atoms with E-state index in [9.17, 15) is 9.59 Å². The van der Waals surface area contributed by atoms with E-state index in [2.05, 4.69) is 4.90 Å². The Morgan fingerprint density at radius 1 is 1.24 bits per heavy atom. The molecule has 0 aliphatic heterocycles. The first-order valence-corrected chi connectivity index (χ1v) is 5.92. The molecule has 0 amide bonds. The molecule has 0 saturated heterocycles. The molecule has 0 fully saturated rings. The van der Waals surface area contributed by atoms with Crippen molar-refractivity contribution in [1.82, 2.24) is 9.80 Å². The Kier molecular flexibility index (Phi) is 7.74. The number of carbonyl (C=O) groups is 2. The molecule has 5 heteroatoms. The number of Topliss-reactive ketones (excluding diaryl/α,β-unsaturated/α-hetero) is 1. The molecule has 0 heterocycles. The van der Waals surface area contributed by atoms with Crippen LogP contribution in [0.5, 0.6) is 0 Å². The van der Waals surface area contributed by atoms with E-state index in [-0.39, 0.29) is 5.78 Å². The summed E-state index contributed by atoms with van der Waals surface area (Å²) >= 11 is 0. The van der Waals surface area contributed by atoms with Gasteiger partial charge in [0.05, 0.1) is 12.5 Å². The van der Waals surface area contributed by atoms with Crippen molar-refractivity contribution in [3.05, 3.63) is 0 Å². The molecule has 0 aromatic rings. The second-order valence-electron chi connectivity index (χ2n) is 4.83. The fraction of sp³-hybridized carbons (Fsp3) is 0.833. The average molecular weight is 244 g/mol. The number of carbonyl (C=O) groups excluding carboxylic acids is 1. The molecular weight excluding hydrogens is 220 g/mol. The maximum atomic E-state index is 11.1. The van der Waals surface area contributed by atoms with Crippen LogP contribution in [-0.2, 0) is 9.59 Å². The molecule has 0 spiro atoms. The second kappa shape index (κ2) is 8.20. The minimum absolute atomic E-state index is 0.0763. The van der Waals surface area contributed by atoms with Crippen molar-refractivity contribution in [2.45, 2.75) is 20.3 Å². The number of nitrogens with zero attached hydrogens (tertiary/aromatic N) is 2. The van der Waals surface area contributed by atoms with Gasteiger partial charge in [-0.05, 0) is 40.5 Å². The lowest BCUT2D eigenvalue weighted by molar-refractivity contribution is -0.142. The first-order valence-electron chi connectivity index (χ1n) is 5.92. The summed E-state index contributed by atoms with van der Waals surface area (Å²) in [6, 6.07) is 0. The van der Waals surface area contributed by atoms with Crippen molar-refractivity contribution in [3.63, 3.8) is 0 Å². The van der Waals surface area contributed by atoms with Gasteiger partial charge in [0, 0.05) is 6.54 Å². The Bertz CT molecular complexity index is 254. The molecule has 0 rings (SSSR count). The van der Waals surface area contributed by atoms with E-state index in [0.29, 0.717) is 13.1 Å². The fourth-order valence-electron chi connectivity index (χ4n) is 1.63. The van der Waals surface area contributed by atoms with Gasteiger partial charge in [0.15, 0.2) is 0 Å². The lowest BCUT2D eigenvalue weighted by Crippen LogP contribution is -2.36. The summed E-state index contributed by atoms with van der Waals surface area (Å²) in [5.74, 6) is -1.17. The summed E-state index contributed by atoms with van der Waals surface area (Å²) in [6.45, 7) is 5.67. The van der Waals surface area contributed by atoms with Gasteiger partial charge >= 0.3 is 5.97 Å². The summed E-state index contributed by atoms with van der Waals surface area (Å²) < 4.78 is 0. The Hall–Kier alpha value is -0.940. The number of aliphatic carboxylic acids is 1. The van der Waals surface area contributed by atoms with Gasteiger partial charge in [-0.25, -0.2) is 0 Å². The number of carboxylic acids is 1. The molecule has 1 N–H and O–H groups in total. The standard InChI is InChI=1S/C12H24N2O3/c1-10(12(16)17)8-14(9-11(2)15)7-5-6-13(3)4/h10H,5-9H2,1-4H3,(H,16,17). The summed E-state index contributed by atoms with van der Waals surface area (Å²) in [5, 5.41) is 8.86. The van der Waals surface area contributed by atoms with E-state index < -0.39 is 11.9 Å². The highest BCUT2D eigenvalue weighted by Crippen LogP contribution is 2.02. The predicted octanol–water partition coefficient (Wildman–Crippen LogP) is 0.550. The van der Waals surface area contributed by atoms with Crippen molar-refractivity contribution in [2.75, 3.05) is 40.3 Å². The fourth-order valence-corrected chi connectivity index (χ4v) is 1.63. The minimum Gasteiger partial charge on any atom is -0.481 e. The van der Waals surface area contributed by atoms with Gasteiger partial charge in [-0.2, -0.15) is 0 Å². The third-order valence-electron chi connectivity index (χ3n) is 2.48. The Labute approximate surface area is 103 Å². The molecule has 0 aliphatic rings. The van der Waals surface area contributed by atoms with Crippen LogP contribution in [0.25, 0.3) is 0 Å². The monoisotopic (exact) mass is 244 g/mol. The number of rotatable bonds is 9. The highest BCUT2D eigenvalue weighted by atomic mass is 16.4. The first-order chi connectivity index (χ1) is 7.82. The van der Waals surface area contributed by atoms with E-state index in [1.807, 2.05) is 19.0 Å². The van der Waals surface area contributed by atoms with Crippen LogP contribution in [0, 0.1) is 5.92 Å². The van der Waals surface area contributed by atoms with E-state index in [4.69, 9.17) is 5.11 Å². The molecule has 0 radical (unpaired) electrons. The highest BCUT2D eigenvalue weighted by Gasteiger charge is 2.16. The number of carboxylic acid groups (broad SMARTS) is 1. The van der Waals surface area contributed by atoms with Crippen molar-refractivity contribution in [3.8, 4) is 0 Å². The molecule has 5 nitrogen and oxygen atoms in total. The zero-order chi connectivity index (χ0) is 13.4. The van der Waals surface area contributed by atoms with Crippen LogP contribution in [0.1, 0.15) is 20.3 Å². The molecule has 0 bridgehead atoms. The molecule has 0 saturated carbocycles. The lowest BCUT2D eigenvalue weighted by atomic mass is 10.1. The van der Waals surface area contributed by atoms with Gasteiger partial charge in [0.25, 0.3) is 0 Å².